The SMILES string of the molecule is O=C(O)NC(c1ccccc1)(c1cccc(OCCCCCCCCC2OCCO2)c1)C1CN2CCC1CC2. The maximum absolute atomic E-state index is 12.3. The predicted molar refractivity (Wildman–Crippen MR) is 151 cm³/mol. The number of amides is 1. The maximum Gasteiger partial charge on any atom is 0.405 e. The number of benzene rings is 2. The molecular weight excluding hydrogens is 492 g/mol. The molecule has 7 nitrogen and oxygen atoms in total. The number of hydrogen-bond acceptors (Lipinski definition) is 5. The molecule has 212 valence electrons. The summed E-state index contributed by atoms with van der Waals surface area (Å²) in [5.41, 5.74) is 1.13. The van der Waals surface area contributed by atoms with Crippen LogP contribution in [0.15, 0.2) is 54.6 Å². The molecule has 7 heteroatoms. The molecule has 2 aromatic rings. The molecule has 4 aliphatic rings. The van der Waals surface area contributed by atoms with Crippen LogP contribution in [0, 0.1) is 11.8 Å². The molecule has 2 N–H and O–H groups in total. The molecule has 2 atom stereocenters. The number of rotatable bonds is 14. The zero-order valence-corrected chi connectivity index (χ0v) is 23.1. The molecule has 0 radical (unpaired) electrons. The first-order valence-corrected chi connectivity index (χ1v) is 14.9. The Bertz CT molecular complexity index is 1040. The van der Waals surface area contributed by atoms with Crippen molar-refractivity contribution in [3.8, 4) is 5.75 Å². The van der Waals surface area contributed by atoms with Gasteiger partial charge >= 0.3 is 6.09 Å². The molecule has 2 bridgehead atoms. The highest BCUT2D eigenvalue weighted by molar-refractivity contribution is 5.68. The van der Waals surface area contributed by atoms with E-state index >= 15 is 0 Å². The van der Waals surface area contributed by atoms with E-state index in [4.69, 9.17) is 14.2 Å². The number of nitrogens with zero attached hydrogens (tertiary/aromatic N) is 1. The second kappa shape index (κ2) is 13.6. The van der Waals surface area contributed by atoms with Crippen LogP contribution < -0.4 is 10.1 Å². The Hall–Kier alpha value is -2.61. The van der Waals surface area contributed by atoms with Gasteiger partial charge in [0, 0.05) is 12.5 Å². The van der Waals surface area contributed by atoms with Crippen molar-refractivity contribution < 1.29 is 24.1 Å². The Morgan fingerprint density at radius 2 is 1.62 bits per heavy atom. The summed E-state index contributed by atoms with van der Waals surface area (Å²) >= 11 is 0. The normalized spacial score (nSPS) is 24.4. The van der Waals surface area contributed by atoms with Gasteiger partial charge in [0.15, 0.2) is 6.29 Å². The molecule has 4 heterocycles. The third-order valence-corrected chi connectivity index (χ3v) is 8.83. The van der Waals surface area contributed by atoms with Crippen LogP contribution in [0.2, 0.25) is 0 Å². The first-order valence-electron chi connectivity index (χ1n) is 14.9. The van der Waals surface area contributed by atoms with E-state index in [1.54, 1.807) is 0 Å². The van der Waals surface area contributed by atoms with Gasteiger partial charge in [-0.3, -0.25) is 0 Å². The Labute approximate surface area is 232 Å². The molecule has 0 aromatic heterocycles. The van der Waals surface area contributed by atoms with Crippen molar-refractivity contribution in [2.45, 2.75) is 69.6 Å². The Kier molecular flexibility index (Phi) is 9.77. The van der Waals surface area contributed by atoms with E-state index in [1.807, 2.05) is 30.3 Å². The standard InChI is InChI=1S/C32H44N2O5/c35-31(36)33-32(26-11-6-5-7-12-26,29-24-34-18-16-25(29)17-19-34)27-13-10-14-28(23-27)37-20-9-4-2-1-3-8-15-30-38-21-22-39-30/h5-7,10-14,23,25,29-30,33H,1-4,8-9,15-22,24H2,(H,35,36). The lowest BCUT2D eigenvalue weighted by molar-refractivity contribution is -0.0480. The van der Waals surface area contributed by atoms with Crippen molar-refractivity contribution in [3.63, 3.8) is 0 Å². The van der Waals surface area contributed by atoms with Crippen molar-refractivity contribution in [3.05, 3.63) is 65.7 Å². The largest absolute Gasteiger partial charge is 0.494 e. The molecule has 4 fully saturated rings. The summed E-state index contributed by atoms with van der Waals surface area (Å²) in [6.45, 7) is 5.23. The third kappa shape index (κ3) is 6.94. The quantitative estimate of drug-likeness (QED) is 0.287. The zero-order valence-electron chi connectivity index (χ0n) is 23.1. The highest BCUT2D eigenvalue weighted by Gasteiger charge is 2.50. The summed E-state index contributed by atoms with van der Waals surface area (Å²) in [5, 5.41) is 13.2. The van der Waals surface area contributed by atoms with E-state index in [-0.39, 0.29) is 12.2 Å². The summed E-state index contributed by atoms with van der Waals surface area (Å²) in [6, 6.07) is 18.3. The number of carbonyl (C=O) groups is 1. The minimum Gasteiger partial charge on any atom is -0.494 e. The van der Waals surface area contributed by atoms with E-state index in [1.165, 1.54) is 19.3 Å². The van der Waals surface area contributed by atoms with Crippen molar-refractivity contribution in [2.75, 3.05) is 39.5 Å². The number of hydrogen-bond donors (Lipinski definition) is 2. The van der Waals surface area contributed by atoms with Crippen molar-refractivity contribution in [1.29, 1.82) is 0 Å². The number of unbranched alkanes of at least 4 members (excludes halogenated alkanes) is 5. The van der Waals surface area contributed by atoms with Gasteiger partial charge in [-0.15, -0.1) is 0 Å². The lowest BCUT2D eigenvalue weighted by Crippen LogP contribution is -2.61. The van der Waals surface area contributed by atoms with Crippen LogP contribution in [-0.2, 0) is 15.0 Å². The average molecular weight is 537 g/mol. The fourth-order valence-electron chi connectivity index (χ4n) is 6.87. The summed E-state index contributed by atoms with van der Waals surface area (Å²) < 4.78 is 17.2. The Morgan fingerprint density at radius 3 is 2.31 bits per heavy atom. The summed E-state index contributed by atoms with van der Waals surface area (Å²) in [6.07, 6.45) is 9.19. The Morgan fingerprint density at radius 1 is 0.923 bits per heavy atom. The van der Waals surface area contributed by atoms with Gasteiger partial charge in [-0.05, 0) is 74.4 Å². The number of nitrogens with one attached hydrogen (secondary N) is 1. The molecule has 39 heavy (non-hydrogen) atoms. The fourth-order valence-corrected chi connectivity index (χ4v) is 6.87. The molecule has 2 unspecified atom stereocenters. The number of carboxylic acid groups (broad SMARTS) is 1. The van der Waals surface area contributed by atoms with Crippen LogP contribution in [0.3, 0.4) is 0 Å². The second-order valence-electron chi connectivity index (χ2n) is 11.3. The van der Waals surface area contributed by atoms with Crippen LogP contribution >= 0.6 is 0 Å². The highest BCUT2D eigenvalue weighted by atomic mass is 16.7. The Balaban J connectivity index is 1.22. The average Bonchev–Trinajstić information content (AvgIpc) is 3.50. The molecule has 4 aliphatic heterocycles. The van der Waals surface area contributed by atoms with Gasteiger partial charge in [0.1, 0.15) is 5.75 Å². The van der Waals surface area contributed by atoms with Gasteiger partial charge in [0.25, 0.3) is 0 Å². The van der Waals surface area contributed by atoms with Crippen LogP contribution in [-0.4, -0.2) is 61.8 Å². The fraction of sp³-hybridized carbons (Fsp3) is 0.594. The monoisotopic (exact) mass is 536 g/mol. The van der Waals surface area contributed by atoms with Crippen LogP contribution in [0.5, 0.6) is 5.75 Å². The summed E-state index contributed by atoms with van der Waals surface area (Å²) in [4.78, 5) is 14.8. The van der Waals surface area contributed by atoms with Gasteiger partial charge in [-0.1, -0.05) is 68.1 Å². The maximum atomic E-state index is 12.3. The van der Waals surface area contributed by atoms with Crippen molar-refractivity contribution >= 4 is 6.09 Å². The molecule has 4 saturated heterocycles. The number of ether oxygens (including phenoxy) is 3. The van der Waals surface area contributed by atoms with Gasteiger partial charge in [0.2, 0.25) is 0 Å². The summed E-state index contributed by atoms with van der Waals surface area (Å²) in [7, 11) is 0. The first-order chi connectivity index (χ1) is 19.1. The first kappa shape index (κ1) is 27.9. The van der Waals surface area contributed by atoms with E-state index < -0.39 is 11.6 Å². The molecule has 0 aliphatic carbocycles. The topological polar surface area (TPSA) is 80.3 Å². The summed E-state index contributed by atoms with van der Waals surface area (Å²) in [5.74, 6) is 1.43. The third-order valence-electron chi connectivity index (χ3n) is 8.83. The van der Waals surface area contributed by atoms with Crippen molar-refractivity contribution in [2.24, 2.45) is 11.8 Å². The lowest BCUT2D eigenvalue weighted by atomic mass is 9.63. The molecule has 0 saturated carbocycles. The molecule has 0 spiro atoms. The zero-order chi connectivity index (χ0) is 26.9. The molecular formula is C32H44N2O5. The predicted octanol–water partition coefficient (Wildman–Crippen LogP) is 6.02. The van der Waals surface area contributed by atoms with E-state index in [0.717, 1.165) is 88.2 Å². The minimum atomic E-state index is -0.995. The van der Waals surface area contributed by atoms with Crippen LogP contribution in [0.1, 0.15) is 68.9 Å². The molecule has 6 rings (SSSR count). The lowest BCUT2D eigenvalue weighted by Gasteiger charge is -2.53. The van der Waals surface area contributed by atoms with Crippen LogP contribution in [0.4, 0.5) is 4.79 Å². The highest BCUT2D eigenvalue weighted by Crippen LogP contribution is 2.47. The molecule has 2 aromatic carbocycles. The van der Waals surface area contributed by atoms with E-state index in [0.29, 0.717) is 12.5 Å². The van der Waals surface area contributed by atoms with Crippen molar-refractivity contribution in [1.82, 2.24) is 10.2 Å². The van der Waals surface area contributed by atoms with Gasteiger partial charge in [-0.2, -0.15) is 0 Å². The second-order valence-corrected chi connectivity index (χ2v) is 11.3. The smallest absolute Gasteiger partial charge is 0.405 e. The number of fused-ring (bicyclic) bond motifs is 3. The van der Waals surface area contributed by atoms with Gasteiger partial charge in [0.05, 0.1) is 25.4 Å². The van der Waals surface area contributed by atoms with Gasteiger partial charge in [-0.25, -0.2) is 4.79 Å². The van der Waals surface area contributed by atoms with Crippen LogP contribution in [0.25, 0.3) is 0 Å². The van der Waals surface area contributed by atoms with E-state index in [9.17, 15) is 9.90 Å². The van der Waals surface area contributed by atoms with E-state index in [2.05, 4.69) is 34.5 Å². The molecule has 1 amide bonds. The number of piperidine rings is 3. The minimum absolute atomic E-state index is 0.0197. The van der Waals surface area contributed by atoms with Gasteiger partial charge < -0.3 is 29.5 Å².